The molecule has 3 rings (SSSR count). The zero-order valence-corrected chi connectivity index (χ0v) is 15.6. The number of nitrogens with one attached hydrogen (secondary N) is 2. The van der Waals surface area contributed by atoms with Gasteiger partial charge in [-0.25, -0.2) is 0 Å². The van der Waals surface area contributed by atoms with E-state index in [1.165, 1.54) is 5.56 Å². The van der Waals surface area contributed by atoms with Gasteiger partial charge in [-0.3, -0.25) is 24.5 Å². The van der Waals surface area contributed by atoms with Gasteiger partial charge in [0.05, 0.1) is 6.42 Å². The smallest absolute Gasteiger partial charge is 0.303 e. The molecule has 2 aliphatic rings. The number of imide groups is 1. The van der Waals surface area contributed by atoms with Crippen molar-refractivity contribution in [2.75, 3.05) is 18.4 Å². The van der Waals surface area contributed by atoms with Gasteiger partial charge in [0.1, 0.15) is 6.04 Å². The van der Waals surface area contributed by atoms with Crippen LogP contribution in [0.4, 0.5) is 5.69 Å². The summed E-state index contributed by atoms with van der Waals surface area (Å²) in [4.78, 5) is 47.4. The lowest BCUT2D eigenvalue weighted by Crippen LogP contribution is -2.47. The van der Waals surface area contributed by atoms with Gasteiger partial charge in [0, 0.05) is 31.6 Å². The number of benzene rings is 1. The molecule has 2 saturated heterocycles. The van der Waals surface area contributed by atoms with Crippen molar-refractivity contribution >= 4 is 29.4 Å². The highest BCUT2D eigenvalue weighted by Crippen LogP contribution is 2.29. The van der Waals surface area contributed by atoms with Crippen molar-refractivity contribution in [3.05, 3.63) is 29.8 Å². The quantitative estimate of drug-likeness (QED) is 0.637. The monoisotopic (exact) mass is 387 g/mol. The van der Waals surface area contributed by atoms with E-state index < -0.39 is 12.0 Å². The van der Waals surface area contributed by atoms with Crippen molar-refractivity contribution in [1.82, 2.24) is 10.2 Å². The summed E-state index contributed by atoms with van der Waals surface area (Å²) in [5.41, 5.74) is 2.02. The van der Waals surface area contributed by atoms with E-state index in [0.29, 0.717) is 31.8 Å². The zero-order valence-electron chi connectivity index (χ0n) is 15.6. The highest BCUT2D eigenvalue weighted by molar-refractivity contribution is 6.01. The van der Waals surface area contributed by atoms with E-state index in [1.54, 1.807) is 4.90 Å². The average molecular weight is 387 g/mol. The normalized spacial score (nSPS) is 20.6. The van der Waals surface area contributed by atoms with Crippen molar-refractivity contribution in [2.24, 2.45) is 0 Å². The predicted octanol–water partition coefficient (Wildman–Crippen LogP) is 1.47. The van der Waals surface area contributed by atoms with Crippen LogP contribution in [0.2, 0.25) is 0 Å². The highest BCUT2D eigenvalue weighted by Gasteiger charge is 2.27. The first-order valence-corrected chi connectivity index (χ1v) is 9.62. The highest BCUT2D eigenvalue weighted by atomic mass is 16.4. The van der Waals surface area contributed by atoms with Gasteiger partial charge < -0.3 is 15.3 Å². The molecule has 1 atom stereocenters. The maximum Gasteiger partial charge on any atom is 0.303 e. The minimum atomic E-state index is -0.950. The predicted molar refractivity (Wildman–Crippen MR) is 102 cm³/mol. The van der Waals surface area contributed by atoms with Crippen molar-refractivity contribution in [3.8, 4) is 0 Å². The zero-order chi connectivity index (χ0) is 20.1. The third kappa shape index (κ3) is 5.09. The molecule has 2 fully saturated rings. The summed E-state index contributed by atoms with van der Waals surface area (Å²) in [6, 6.07) is 7.53. The summed E-state index contributed by atoms with van der Waals surface area (Å²) in [7, 11) is 0. The molecule has 3 amide bonds. The number of hydrogen-bond donors (Lipinski definition) is 3. The molecule has 0 bridgehead atoms. The lowest BCUT2D eigenvalue weighted by molar-refractivity contribution is -0.141. The molecule has 2 heterocycles. The first kappa shape index (κ1) is 19.9. The summed E-state index contributed by atoms with van der Waals surface area (Å²) < 4.78 is 0. The third-order valence-electron chi connectivity index (χ3n) is 5.36. The van der Waals surface area contributed by atoms with E-state index in [-0.39, 0.29) is 30.6 Å². The van der Waals surface area contributed by atoms with Gasteiger partial charge in [0.2, 0.25) is 17.7 Å². The second-order valence-corrected chi connectivity index (χ2v) is 7.32. The standard InChI is InChI=1S/C20H25N3O5/c24-17-6-5-16(20(28)22-17)21-15-3-1-13(2-4-15)14-9-11-23(12-10-14)18(25)7-8-19(26)27/h1-4,14,16,21H,5-12H2,(H,26,27)(H,22,24,28). The molecule has 1 unspecified atom stereocenters. The SMILES string of the molecule is O=C(O)CCC(=O)N1CCC(c2ccc(NC3CCC(=O)NC3=O)cc2)CC1. The molecule has 150 valence electrons. The molecule has 0 radical (unpaired) electrons. The maximum atomic E-state index is 12.0. The van der Waals surface area contributed by atoms with Crippen LogP contribution in [0.25, 0.3) is 0 Å². The number of piperidine rings is 2. The van der Waals surface area contributed by atoms with Crippen LogP contribution < -0.4 is 10.6 Å². The van der Waals surface area contributed by atoms with Crippen LogP contribution in [-0.4, -0.2) is 52.8 Å². The number of hydrogen-bond acceptors (Lipinski definition) is 5. The fourth-order valence-electron chi connectivity index (χ4n) is 3.72. The molecule has 1 aromatic rings. The Labute approximate surface area is 163 Å². The maximum absolute atomic E-state index is 12.0. The molecule has 0 spiro atoms. The van der Waals surface area contributed by atoms with Gasteiger partial charge in [0.15, 0.2) is 0 Å². The van der Waals surface area contributed by atoms with Crippen LogP contribution in [0.15, 0.2) is 24.3 Å². The largest absolute Gasteiger partial charge is 0.481 e. The summed E-state index contributed by atoms with van der Waals surface area (Å²) >= 11 is 0. The summed E-state index contributed by atoms with van der Waals surface area (Å²) in [5, 5.41) is 14.2. The van der Waals surface area contributed by atoms with Gasteiger partial charge in [-0.15, -0.1) is 0 Å². The Morgan fingerprint density at radius 2 is 1.75 bits per heavy atom. The number of amides is 3. The van der Waals surface area contributed by atoms with E-state index >= 15 is 0 Å². The minimum Gasteiger partial charge on any atom is -0.481 e. The van der Waals surface area contributed by atoms with Crippen molar-refractivity contribution < 1.29 is 24.3 Å². The van der Waals surface area contributed by atoms with Crippen molar-refractivity contribution in [1.29, 1.82) is 0 Å². The number of aliphatic carboxylic acids is 1. The Balaban J connectivity index is 1.49. The molecule has 2 aliphatic heterocycles. The molecule has 8 heteroatoms. The first-order chi connectivity index (χ1) is 13.4. The van der Waals surface area contributed by atoms with Crippen LogP contribution in [0, 0.1) is 0 Å². The van der Waals surface area contributed by atoms with E-state index in [2.05, 4.69) is 10.6 Å². The molecule has 28 heavy (non-hydrogen) atoms. The van der Waals surface area contributed by atoms with Gasteiger partial charge in [-0.05, 0) is 42.9 Å². The topological polar surface area (TPSA) is 116 Å². The van der Waals surface area contributed by atoms with Crippen molar-refractivity contribution in [2.45, 2.75) is 50.5 Å². The van der Waals surface area contributed by atoms with E-state index in [9.17, 15) is 19.2 Å². The van der Waals surface area contributed by atoms with Crippen LogP contribution in [-0.2, 0) is 19.2 Å². The number of likely N-dealkylation sites (tertiary alicyclic amines) is 1. The number of nitrogens with zero attached hydrogens (tertiary/aromatic N) is 1. The molecule has 1 aromatic carbocycles. The molecule has 0 saturated carbocycles. The van der Waals surface area contributed by atoms with Crippen LogP contribution in [0.1, 0.15) is 50.0 Å². The number of carbonyl (C=O) groups is 4. The number of carbonyl (C=O) groups excluding carboxylic acids is 3. The number of carboxylic acids is 1. The summed E-state index contributed by atoms with van der Waals surface area (Å²) in [5.74, 6) is -1.21. The Morgan fingerprint density at radius 1 is 1.07 bits per heavy atom. The van der Waals surface area contributed by atoms with Gasteiger partial charge >= 0.3 is 5.97 Å². The van der Waals surface area contributed by atoms with Gasteiger partial charge in [-0.1, -0.05) is 12.1 Å². The second kappa shape index (κ2) is 8.86. The molecule has 3 N–H and O–H groups in total. The Bertz CT molecular complexity index is 754. The Morgan fingerprint density at radius 3 is 2.36 bits per heavy atom. The number of carboxylic acid groups (broad SMARTS) is 1. The summed E-state index contributed by atoms with van der Waals surface area (Å²) in [6.07, 6.45) is 2.45. The van der Waals surface area contributed by atoms with Crippen molar-refractivity contribution in [3.63, 3.8) is 0 Å². The first-order valence-electron chi connectivity index (χ1n) is 9.62. The minimum absolute atomic E-state index is 0.0563. The van der Waals surface area contributed by atoms with E-state index in [1.807, 2.05) is 24.3 Å². The lowest BCUT2D eigenvalue weighted by Gasteiger charge is -2.32. The van der Waals surface area contributed by atoms with E-state index in [4.69, 9.17) is 5.11 Å². The second-order valence-electron chi connectivity index (χ2n) is 7.32. The summed E-state index contributed by atoms with van der Waals surface area (Å²) in [6.45, 7) is 1.28. The number of anilines is 1. The Hall–Kier alpha value is -2.90. The van der Waals surface area contributed by atoms with Crippen LogP contribution >= 0.6 is 0 Å². The van der Waals surface area contributed by atoms with Crippen LogP contribution in [0.3, 0.4) is 0 Å². The van der Waals surface area contributed by atoms with E-state index in [0.717, 1.165) is 18.5 Å². The molecule has 0 aliphatic carbocycles. The fourth-order valence-corrected chi connectivity index (χ4v) is 3.72. The van der Waals surface area contributed by atoms with Crippen LogP contribution in [0.5, 0.6) is 0 Å². The molecular formula is C20H25N3O5. The number of rotatable bonds is 6. The third-order valence-corrected chi connectivity index (χ3v) is 5.36. The molecule has 0 aromatic heterocycles. The Kier molecular flexibility index (Phi) is 6.28. The lowest BCUT2D eigenvalue weighted by atomic mass is 9.89. The fraction of sp³-hybridized carbons (Fsp3) is 0.500. The van der Waals surface area contributed by atoms with Gasteiger partial charge in [0.25, 0.3) is 0 Å². The van der Waals surface area contributed by atoms with Gasteiger partial charge in [-0.2, -0.15) is 0 Å². The molecular weight excluding hydrogens is 362 g/mol. The average Bonchev–Trinajstić information content (AvgIpc) is 2.69. The molecule has 8 nitrogen and oxygen atoms in total.